The van der Waals surface area contributed by atoms with Crippen LogP contribution < -0.4 is 0 Å². The Bertz CT molecular complexity index is 822. The second-order valence-electron chi connectivity index (χ2n) is 7.59. The van der Waals surface area contributed by atoms with E-state index in [4.69, 9.17) is 14.0 Å². The summed E-state index contributed by atoms with van der Waals surface area (Å²) in [6, 6.07) is 5.96. The average molecular weight is 371 g/mol. The molecule has 7 nitrogen and oxygen atoms in total. The summed E-state index contributed by atoms with van der Waals surface area (Å²) >= 11 is 0. The molecule has 2 saturated heterocycles. The number of likely N-dealkylation sites (tertiary alicyclic amines) is 1. The molecule has 2 aliphatic rings. The lowest BCUT2D eigenvalue weighted by atomic mass is 9.84. The van der Waals surface area contributed by atoms with Gasteiger partial charge in [-0.3, -0.25) is 9.78 Å². The maximum absolute atomic E-state index is 12.7. The van der Waals surface area contributed by atoms with Crippen LogP contribution in [0.15, 0.2) is 22.7 Å². The summed E-state index contributed by atoms with van der Waals surface area (Å²) in [5.74, 6) is 0.530. The number of pyridine rings is 1. The third kappa shape index (κ3) is 3.61. The van der Waals surface area contributed by atoms with Crippen molar-refractivity contribution in [3.8, 4) is 0 Å². The highest BCUT2D eigenvalue weighted by Gasteiger charge is 2.50. The number of amides is 1. The fourth-order valence-corrected chi connectivity index (χ4v) is 3.97. The van der Waals surface area contributed by atoms with Gasteiger partial charge in [0.05, 0.1) is 37.2 Å². The average Bonchev–Trinajstić information content (AvgIpc) is 2.96. The number of carbonyl (C=O) groups excluding carboxylic acids is 1. The van der Waals surface area contributed by atoms with E-state index in [-0.39, 0.29) is 17.6 Å². The molecule has 1 spiro atoms. The summed E-state index contributed by atoms with van der Waals surface area (Å²) in [5, 5.41) is 3.87. The monoisotopic (exact) mass is 371 g/mol. The molecule has 144 valence electrons. The summed E-state index contributed by atoms with van der Waals surface area (Å²) in [6.07, 6.45) is 1.78. The Morgan fingerprint density at radius 3 is 2.85 bits per heavy atom. The number of ether oxygens (including phenoxy) is 2. The van der Waals surface area contributed by atoms with Crippen LogP contribution in [-0.4, -0.2) is 52.3 Å². The molecular formula is C20H25N3O4. The molecule has 2 fully saturated rings. The van der Waals surface area contributed by atoms with E-state index in [2.05, 4.69) is 10.1 Å². The Kier molecular flexibility index (Phi) is 4.74. The van der Waals surface area contributed by atoms with E-state index >= 15 is 0 Å². The summed E-state index contributed by atoms with van der Waals surface area (Å²) < 4.78 is 17.2. The summed E-state index contributed by atoms with van der Waals surface area (Å²) in [5.41, 5.74) is 2.85. The van der Waals surface area contributed by atoms with Crippen molar-refractivity contribution in [3.63, 3.8) is 0 Å². The number of aryl methyl sites for hydroxylation is 3. The predicted molar refractivity (Wildman–Crippen MR) is 97.3 cm³/mol. The third-order valence-electron chi connectivity index (χ3n) is 5.35. The highest BCUT2D eigenvalue weighted by Crippen LogP contribution is 2.36. The lowest BCUT2D eigenvalue weighted by Gasteiger charge is -2.52. The first kappa shape index (κ1) is 18.1. The SMILES string of the molecule is Cc1cccc(COC2CCOC3(C2)CN(C(=O)c2c(C)noc2C)C3)n1. The Balaban J connectivity index is 1.33. The van der Waals surface area contributed by atoms with E-state index in [0.29, 0.717) is 43.3 Å². The molecule has 0 aliphatic carbocycles. The van der Waals surface area contributed by atoms with E-state index in [1.807, 2.05) is 25.1 Å². The Hall–Kier alpha value is -2.25. The molecule has 4 rings (SSSR count). The normalized spacial score (nSPS) is 21.3. The van der Waals surface area contributed by atoms with Crippen molar-refractivity contribution in [2.75, 3.05) is 19.7 Å². The van der Waals surface area contributed by atoms with Crippen molar-refractivity contribution in [1.29, 1.82) is 0 Å². The van der Waals surface area contributed by atoms with E-state index in [0.717, 1.165) is 24.2 Å². The maximum atomic E-state index is 12.7. The van der Waals surface area contributed by atoms with E-state index in [9.17, 15) is 4.79 Å². The number of nitrogens with zero attached hydrogens (tertiary/aromatic N) is 3. The Morgan fingerprint density at radius 2 is 2.15 bits per heavy atom. The molecular weight excluding hydrogens is 346 g/mol. The maximum Gasteiger partial charge on any atom is 0.259 e. The minimum Gasteiger partial charge on any atom is -0.372 e. The van der Waals surface area contributed by atoms with E-state index in [1.54, 1.807) is 18.7 Å². The topological polar surface area (TPSA) is 77.7 Å². The van der Waals surface area contributed by atoms with Gasteiger partial charge in [0.15, 0.2) is 0 Å². The summed E-state index contributed by atoms with van der Waals surface area (Å²) in [6.45, 7) is 7.86. The van der Waals surface area contributed by atoms with Crippen LogP contribution in [0, 0.1) is 20.8 Å². The number of hydrogen-bond acceptors (Lipinski definition) is 6. The second-order valence-corrected chi connectivity index (χ2v) is 7.59. The molecule has 0 radical (unpaired) electrons. The van der Waals surface area contributed by atoms with Gasteiger partial charge >= 0.3 is 0 Å². The molecule has 2 aromatic rings. The smallest absolute Gasteiger partial charge is 0.259 e. The van der Waals surface area contributed by atoms with Gasteiger partial charge in [0.25, 0.3) is 5.91 Å². The highest BCUT2D eigenvalue weighted by molar-refractivity contribution is 5.96. The van der Waals surface area contributed by atoms with Crippen LogP contribution in [0.4, 0.5) is 0 Å². The number of carbonyl (C=O) groups is 1. The van der Waals surface area contributed by atoms with Crippen LogP contribution in [0.5, 0.6) is 0 Å². The molecule has 0 N–H and O–H groups in total. The Morgan fingerprint density at radius 1 is 1.33 bits per heavy atom. The van der Waals surface area contributed by atoms with Crippen molar-refractivity contribution in [2.45, 2.75) is 51.9 Å². The van der Waals surface area contributed by atoms with Crippen LogP contribution in [0.3, 0.4) is 0 Å². The fourth-order valence-electron chi connectivity index (χ4n) is 3.97. The molecule has 2 aliphatic heterocycles. The van der Waals surface area contributed by atoms with Crippen molar-refractivity contribution >= 4 is 5.91 Å². The molecule has 7 heteroatoms. The number of rotatable bonds is 4. The zero-order chi connectivity index (χ0) is 19.0. The first-order valence-corrected chi connectivity index (χ1v) is 9.36. The molecule has 2 aromatic heterocycles. The fraction of sp³-hybridized carbons (Fsp3) is 0.550. The van der Waals surface area contributed by atoms with Gasteiger partial charge in [-0.1, -0.05) is 11.2 Å². The van der Waals surface area contributed by atoms with E-state index in [1.165, 1.54) is 0 Å². The molecule has 27 heavy (non-hydrogen) atoms. The quantitative estimate of drug-likeness (QED) is 0.822. The molecule has 0 aromatic carbocycles. The third-order valence-corrected chi connectivity index (χ3v) is 5.35. The van der Waals surface area contributed by atoms with Crippen LogP contribution in [0.1, 0.15) is 46.0 Å². The van der Waals surface area contributed by atoms with Gasteiger partial charge in [-0.05, 0) is 39.3 Å². The molecule has 0 bridgehead atoms. The van der Waals surface area contributed by atoms with Gasteiger partial charge in [-0.15, -0.1) is 0 Å². The van der Waals surface area contributed by atoms with Gasteiger partial charge < -0.3 is 18.9 Å². The van der Waals surface area contributed by atoms with E-state index < -0.39 is 0 Å². The highest BCUT2D eigenvalue weighted by atomic mass is 16.5. The first-order chi connectivity index (χ1) is 13.0. The number of hydrogen-bond donors (Lipinski definition) is 0. The first-order valence-electron chi connectivity index (χ1n) is 9.36. The summed E-state index contributed by atoms with van der Waals surface area (Å²) in [4.78, 5) is 19.0. The van der Waals surface area contributed by atoms with Crippen molar-refractivity contribution in [3.05, 3.63) is 46.6 Å². The van der Waals surface area contributed by atoms with Crippen molar-refractivity contribution in [2.24, 2.45) is 0 Å². The van der Waals surface area contributed by atoms with Crippen LogP contribution in [0.2, 0.25) is 0 Å². The van der Waals surface area contributed by atoms with Gasteiger partial charge in [0.1, 0.15) is 16.9 Å². The standard InChI is InChI=1S/C20H25N3O4/c1-13-5-4-6-16(21-13)10-25-17-7-8-26-20(9-17)11-23(12-20)19(24)18-14(2)22-27-15(18)3/h4-6,17H,7-12H2,1-3H3. The van der Waals surface area contributed by atoms with Crippen LogP contribution in [0.25, 0.3) is 0 Å². The lowest BCUT2D eigenvalue weighted by molar-refractivity contribution is -0.188. The van der Waals surface area contributed by atoms with Crippen molar-refractivity contribution in [1.82, 2.24) is 15.0 Å². The predicted octanol–water partition coefficient (Wildman–Crippen LogP) is 2.59. The lowest BCUT2D eigenvalue weighted by Crippen LogP contribution is -2.67. The zero-order valence-electron chi connectivity index (χ0n) is 16.0. The second kappa shape index (κ2) is 7.05. The van der Waals surface area contributed by atoms with Crippen LogP contribution >= 0.6 is 0 Å². The minimum absolute atomic E-state index is 0.0347. The molecule has 1 unspecified atom stereocenters. The van der Waals surface area contributed by atoms with Gasteiger partial charge in [0.2, 0.25) is 0 Å². The number of aromatic nitrogens is 2. The Labute approximate surface area is 158 Å². The molecule has 1 atom stereocenters. The van der Waals surface area contributed by atoms with Gasteiger partial charge in [-0.25, -0.2) is 0 Å². The van der Waals surface area contributed by atoms with Crippen molar-refractivity contribution < 1.29 is 18.8 Å². The van der Waals surface area contributed by atoms with Gasteiger partial charge in [0, 0.05) is 18.7 Å². The molecule has 4 heterocycles. The molecule has 1 amide bonds. The summed E-state index contributed by atoms with van der Waals surface area (Å²) in [7, 11) is 0. The van der Waals surface area contributed by atoms with Crippen LogP contribution in [-0.2, 0) is 16.1 Å². The zero-order valence-corrected chi connectivity index (χ0v) is 16.0. The molecule has 0 saturated carbocycles. The van der Waals surface area contributed by atoms with Gasteiger partial charge in [-0.2, -0.15) is 0 Å². The minimum atomic E-state index is -0.294. The largest absolute Gasteiger partial charge is 0.372 e.